The zero-order valence-electron chi connectivity index (χ0n) is 11.6. The van der Waals surface area contributed by atoms with Crippen LogP contribution in [-0.4, -0.2) is 34.5 Å². The zero-order chi connectivity index (χ0) is 13.9. The van der Waals surface area contributed by atoms with Gasteiger partial charge in [-0.15, -0.1) is 0 Å². The van der Waals surface area contributed by atoms with Crippen LogP contribution in [0.5, 0.6) is 0 Å². The Morgan fingerprint density at radius 1 is 1.53 bits per heavy atom. The normalized spacial score (nSPS) is 17.7. The molecule has 0 aromatic carbocycles. The number of aryl methyl sites for hydroxylation is 1. The molecule has 5 heteroatoms. The summed E-state index contributed by atoms with van der Waals surface area (Å²) in [6.07, 6.45) is 2.97. The average Bonchev–Trinajstić information content (AvgIpc) is 3.08. The molecule has 3 N–H and O–H groups in total. The topological polar surface area (TPSA) is 74.7 Å². The Morgan fingerprint density at radius 3 is 2.84 bits per heavy atom. The third kappa shape index (κ3) is 3.92. The van der Waals surface area contributed by atoms with Crippen molar-refractivity contribution in [1.29, 1.82) is 0 Å². The summed E-state index contributed by atoms with van der Waals surface area (Å²) in [5.74, 6) is 0.333. The molecule has 2 rings (SSSR count). The van der Waals surface area contributed by atoms with Crippen molar-refractivity contribution < 1.29 is 5.21 Å². The number of hydrogen-bond acceptors (Lipinski definition) is 4. The van der Waals surface area contributed by atoms with Crippen molar-refractivity contribution in [1.82, 2.24) is 9.88 Å². The molecule has 1 aliphatic rings. The van der Waals surface area contributed by atoms with E-state index in [2.05, 4.69) is 22.1 Å². The summed E-state index contributed by atoms with van der Waals surface area (Å²) in [6.45, 7) is 3.79. The van der Waals surface area contributed by atoms with Gasteiger partial charge in [-0.25, -0.2) is 0 Å². The summed E-state index contributed by atoms with van der Waals surface area (Å²) < 4.78 is 0. The van der Waals surface area contributed by atoms with Crippen LogP contribution in [0.25, 0.3) is 0 Å². The maximum absolute atomic E-state index is 8.67. The molecule has 0 atom stereocenters. The van der Waals surface area contributed by atoms with Crippen LogP contribution in [0.3, 0.4) is 0 Å². The molecule has 1 saturated carbocycles. The van der Waals surface area contributed by atoms with E-state index < -0.39 is 0 Å². The van der Waals surface area contributed by atoms with Crippen LogP contribution in [0.15, 0.2) is 23.4 Å². The molecule has 1 aromatic rings. The Hall–Kier alpha value is -1.62. The number of nitrogens with zero attached hydrogens (tertiary/aromatic N) is 3. The number of pyridine rings is 1. The van der Waals surface area contributed by atoms with E-state index in [1.165, 1.54) is 0 Å². The molecule has 104 valence electrons. The van der Waals surface area contributed by atoms with Gasteiger partial charge in [-0.05, 0) is 44.4 Å². The lowest BCUT2D eigenvalue weighted by molar-refractivity contribution is 0.254. The van der Waals surface area contributed by atoms with Crippen molar-refractivity contribution >= 4 is 5.84 Å². The molecule has 1 fully saturated rings. The van der Waals surface area contributed by atoms with E-state index in [0.717, 1.165) is 37.3 Å². The quantitative estimate of drug-likeness (QED) is 0.354. The SMILES string of the molecule is Cc1cccc(CN(C)CC2(CC(N)=NO)CC2)n1. The molecule has 1 heterocycles. The highest BCUT2D eigenvalue weighted by Crippen LogP contribution is 2.49. The number of nitrogens with two attached hydrogens (primary N) is 1. The molecule has 1 aromatic heterocycles. The first-order valence-corrected chi connectivity index (χ1v) is 6.60. The van der Waals surface area contributed by atoms with Gasteiger partial charge in [0.15, 0.2) is 0 Å². The smallest absolute Gasteiger partial charge is 0.139 e. The Bertz CT molecular complexity index is 468. The highest BCUT2D eigenvalue weighted by Gasteiger charge is 2.44. The first kappa shape index (κ1) is 13.8. The molecule has 0 bridgehead atoms. The van der Waals surface area contributed by atoms with E-state index in [4.69, 9.17) is 10.9 Å². The number of oxime groups is 1. The van der Waals surface area contributed by atoms with E-state index in [1.54, 1.807) is 0 Å². The van der Waals surface area contributed by atoms with Gasteiger partial charge in [-0.3, -0.25) is 9.88 Å². The minimum absolute atomic E-state index is 0.203. The van der Waals surface area contributed by atoms with Gasteiger partial charge in [-0.1, -0.05) is 11.2 Å². The third-order valence-electron chi connectivity index (χ3n) is 3.62. The molecule has 0 amide bonds. The molecule has 5 nitrogen and oxygen atoms in total. The molecule has 0 saturated heterocycles. The largest absolute Gasteiger partial charge is 0.409 e. The van der Waals surface area contributed by atoms with Crippen molar-refractivity contribution in [3.8, 4) is 0 Å². The summed E-state index contributed by atoms with van der Waals surface area (Å²) in [6, 6.07) is 6.09. The predicted molar refractivity (Wildman–Crippen MR) is 75.0 cm³/mol. The highest BCUT2D eigenvalue weighted by molar-refractivity contribution is 5.80. The maximum atomic E-state index is 8.67. The van der Waals surface area contributed by atoms with Gasteiger partial charge in [0.05, 0.1) is 5.69 Å². The Morgan fingerprint density at radius 2 is 2.26 bits per heavy atom. The lowest BCUT2D eigenvalue weighted by Crippen LogP contribution is -2.30. The zero-order valence-corrected chi connectivity index (χ0v) is 11.6. The van der Waals surface area contributed by atoms with Crippen LogP contribution in [0.1, 0.15) is 30.7 Å². The van der Waals surface area contributed by atoms with Crippen molar-refractivity contribution in [2.75, 3.05) is 13.6 Å². The molecule has 0 radical (unpaired) electrons. The second-order valence-electron chi connectivity index (χ2n) is 5.71. The van der Waals surface area contributed by atoms with Gasteiger partial charge in [-0.2, -0.15) is 0 Å². The van der Waals surface area contributed by atoms with Gasteiger partial charge < -0.3 is 10.9 Å². The number of aromatic nitrogens is 1. The average molecular weight is 262 g/mol. The number of rotatable bonds is 6. The van der Waals surface area contributed by atoms with Gasteiger partial charge in [0.2, 0.25) is 0 Å². The Balaban J connectivity index is 1.89. The van der Waals surface area contributed by atoms with E-state index in [1.807, 2.05) is 25.1 Å². The van der Waals surface area contributed by atoms with E-state index in [-0.39, 0.29) is 5.41 Å². The first-order valence-electron chi connectivity index (χ1n) is 6.60. The van der Waals surface area contributed by atoms with Gasteiger partial charge in [0.25, 0.3) is 0 Å². The van der Waals surface area contributed by atoms with Crippen LogP contribution in [0, 0.1) is 12.3 Å². The van der Waals surface area contributed by atoms with Crippen LogP contribution in [0.4, 0.5) is 0 Å². The molecular formula is C14H22N4O. The van der Waals surface area contributed by atoms with Gasteiger partial charge in [0.1, 0.15) is 5.84 Å². The maximum Gasteiger partial charge on any atom is 0.139 e. The molecule has 19 heavy (non-hydrogen) atoms. The van der Waals surface area contributed by atoms with E-state index in [0.29, 0.717) is 12.3 Å². The molecule has 1 aliphatic carbocycles. The lowest BCUT2D eigenvalue weighted by atomic mass is 10.0. The molecule has 0 aliphatic heterocycles. The third-order valence-corrected chi connectivity index (χ3v) is 3.62. The Labute approximate surface area is 114 Å². The van der Waals surface area contributed by atoms with Crippen LogP contribution in [0.2, 0.25) is 0 Å². The second-order valence-corrected chi connectivity index (χ2v) is 5.71. The summed E-state index contributed by atoms with van der Waals surface area (Å²) in [4.78, 5) is 6.77. The van der Waals surface area contributed by atoms with Crippen LogP contribution in [-0.2, 0) is 6.54 Å². The van der Waals surface area contributed by atoms with Crippen molar-refractivity contribution in [2.24, 2.45) is 16.3 Å². The van der Waals surface area contributed by atoms with Gasteiger partial charge in [0, 0.05) is 25.2 Å². The van der Waals surface area contributed by atoms with Gasteiger partial charge >= 0.3 is 0 Å². The monoisotopic (exact) mass is 262 g/mol. The van der Waals surface area contributed by atoms with Crippen molar-refractivity contribution in [3.63, 3.8) is 0 Å². The minimum atomic E-state index is 0.203. The fourth-order valence-electron chi connectivity index (χ4n) is 2.58. The summed E-state index contributed by atoms with van der Waals surface area (Å²) in [7, 11) is 2.09. The number of hydrogen-bond donors (Lipinski definition) is 2. The van der Waals surface area contributed by atoms with Crippen LogP contribution >= 0.6 is 0 Å². The molecular weight excluding hydrogens is 240 g/mol. The van der Waals surface area contributed by atoms with Crippen LogP contribution < -0.4 is 5.73 Å². The Kier molecular flexibility index (Phi) is 4.04. The van der Waals surface area contributed by atoms with Crippen molar-refractivity contribution in [3.05, 3.63) is 29.6 Å². The summed E-state index contributed by atoms with van der Waals surface area (Å²) >= 11 is 0. The lowest BCUT2D eigenvalue weighted by Gasteiger charge is -2.23. The molecule has 0 unspecified atom stereocenters. The van der Waals surface area contributed by atoms with E-state index in [9.17, 15) is 0 Å². The first-order chi connectivity index (χ1) is 9.03. The summed E-state index contributed by atoms with van der Waals surface area (Å²) in [5.41, 5.74) is 7.95. The predicted octanol–water partition coefficient (Wildman–Crippen LogP) is 1.74. The van der Waals surface area contributed by atoms with Crippen molar-refractivity contribution in [2.45, 2.75) is 32.7 Å². The fourth-order valence-corrected chi connectivity index (χ4v) is 2.58. The minimum Gasteiger partial charge on any atom is -0.409 e. The summed E-state index contributed by atoms with van der Waals surface area (Å²) in [5, 5.41) is 11.7. The fraction of sp³-hybridized carbons (Fsp3) is 0.571. The standard InChI is InChI=1S/C14H22N4O/c1-11-4-3-5-12(16-11)9-18(2)10-14(6-7-14)8-13(15)17-19/h3-5,19H,6-10H2,1-2H3,(H2,15,17). The van der Waals surface area contributed by atoms with E-state index >= 15 is 0 Å². The number of amidine groups is 1. The molecule has 0 spiro atoms. The second kappa shape index (κ2) is 5.57. The highest BCUT2D eigenvalue weighted by atomic mass is 16.4.